The van der Waals surface area contributed by atoms with Gasteiger partial charge in [0.1, 0.15) is 17.1 Å². The molecule has 37 heavy (non-hydrogen) atoms. The smallest absolute Gasteiger partial charge is 0.260 e. The summed E-state index contributed by atoms with van der Waals surface area (Å²) >= 11 is 0. The molecule has 0 fully saturated rings. The van der Waals surface area contributed by atoms with Gasteiger partial charge in [-0.2, -0.15) is 0 Å². The molecule has 0 aliphatic carbocycles. The van der Waals surface area contributed by atoms with Crippen molar-refractivity contribution >= 4 is 37.1 Å². The van der Waals surface area contributed by atoms with Gasteiger partial charge in [-0.1, -0.05) is 26.0 Å². The van der Waals surface area contributed by atoms with E-state index in [0.717, 1.165) is 17.7 Å². The summed E-state index contributed by atoms with van der Waals surface area (Å²) in [5.41, 5.74) is -0.769. The number of hydrogen-bond donors (Lipinski definition) is 4. The molecule has 2 aromatic carbocycles. The van der Waals surface area contributed by atoms with Crippen LogP contribution in [0.3, 0.4) is 0 Å². The highest BCUT2D eigenvalue weighted by molar-refractivity contribution is 7.94. The molecule has 0 bridgehead atoms. The fourth-order valence-electron chi connectivity index (χ4n) is 4.39. The first-order chi connectivity index (χ1) is 17.1. The van der Waals surface area contributed by atoms with E-state index >= 15 is 0 Å². The molecule has 0 spiro atoms. The van der Waals surface area contributed by atoms with Gasteiger partial charge in [0.05, 0.1) is 40.6 Å². The molecule has 4 N–H and O–H groups in total. The van der Waals surface area contributed by atoms with Crippen molar-refractivity contribution in [1.82, 2.24) is 4.90 Å². The van der Waals surface area contributed by atoms with E-state index in [2.05, 4.69) is 10.0 Å². The number of benzene rings is 2. The maximum atomic E-state index is 13.6. The molecule has 2 aliphatic rings. The normalized spacial score (nSPS) is 19.4. The second-order valence-electron chi connectivity index (χ2n) is 9.66. The predicted molar refractivity (Wildman–Crippen MR) is 135 cm³/mol. The predicted octanol–water partition coefficient (Wildman–Crippen LogP) is 2.48. The Balaban J connectivity index is 1.76. The lowest BCUT2D eigenvalue weighted by atomic mass is 9.83. The van der Waals surface area contributed by atoms with Crippen LogP contribution < -0.4 is 10.0 Å². The van der Waals surface area contributed by atoms with E-state index in [1.165, 1.54) is 41.3 Å². The van der Waals surface area contributed by atoms with Crippen molar-refractivity contribution in [3.63, 3.8) is 0 Å². The largest absolute Gasteiger partial charge is 0.509 e. The van der Waals surface area contributed by atoms with Crippen LogP contribution in [-0.4, -0.2) is 56.8 Å². The van der Waals surface area contributed by atoms with Gasteiger partial charge in [-0.3, -0.25) is 9.52 Å². The first kappa shape index (κ1) is 26.6. The zero-order valence-electron chi connectivity index (χ0n) is 20.2. The first-order valence-electron chi connectivity index (χ1n) is 11.1. The van der Waals surface area contributed by atoms with Crippen LogP contribution in [0.1, 0.15) is 19.4 Å². The number of aliphatic hydroxyl groups is 2. The number of halogens is 1. The average molecular weight is 552 g/mol. The number of fused-ring (bicyclic) bond motifs is 1. The number of anilines is 2. The topological polar surface area (TPSA) is 153 Å². The Morgan fingerprint density at radius 3 is 2.41 bits per heavy atom. The van der Waals surface area contributed by atoms with Gasteiger partial charge < -0.3 is 20.4 Å². The van der Waals surface area contributed by atoms with E-state index in [0.29, 0.717) is 5.56 Å². The molecule has 0 unspecified atom stereocenters. The molecule has 198 valence electrons. The van der Waals surface area contributed by atoms with Gasteiger partial charge >= 0.3 is 0 Å². The van der Waals surface area contributed by atoms with Crippen molar-refractivity contribution in [2.45, 2.75) is 31.3 Å². The summed E-state index contributed by atoms with van der Waals surface area (Å²) in [7, 11) is -7.81. The number of hydrogen-bond acceptors (Lipinski definition) is 8. The number of rotatable bonds is 7. The highest BCUT2D eigenvalue weighted by Crippen LogP contribution is 2.42. The number of carbonyl (C=O) groups excluding carboxylic acids is 1. The molecule has 2 aliphatic heterocycles. The molecule has 0 saturated heterocycles. The summed E-state index contributed by atoms with van der Waals surface area (Å²) in [6, 6.07) is 8.29. The van der Waals surface area contributed by atoms with Crippen LogP contribution in [0.4, 0.5) is 15.8 Å². The molecule has 13 heteroatoms. The minimum Gasteiger partial charge on any atom is -0.509 e. The lowest BCUT2D eigenvalue weighted by Gasteiger charge is -2.36. The van der Waals surface area contributed by atoms with E-state index in [1.807, 2.05) is 0 Å². The van der Waals surface area contributed by atoms with E-state index in [9.17, 15) is 36.2 Å². The zero-order chi connectivity index (χ0) is 27.3. The highest BCUT2D eigenvalue weighted by Gasteiger charge is 2.49. The number of aliphatic hydroxyl groups excluding tert-OH is 2. The van der Waals surface area contributed by atoms with Crippen LogP contribution >= 0.6 is 0 Å². The molecule has 10 nitrogen and oxygen atoms in total. The van der Waals surface area contributed by atoms with Gasteiger partial charge in [0.15, 0.2) is 0 Å². The lowest BCUT2D eigenvalue weighted by Crippen LogP contribution is -2.46. The van der Waals surface area contributed by atoms with Gasteiger partial charge in [-0.25, -0.2) is 21.2 Å². The third kappa shape index (κ3) is 5.20. The molecular formula is C24H26FN3O7S2. The Bertz CT molecular complexity index is 1550. The molecule has 0 aromatic heterocycles. The molecule has 2 heterocycles. The number of nitrogens with one attached hydrogen (secondary N) is 2. The summed E-state index contributed by atoms with van der Waals surface area (Å²) < 4.78 is 64.9. The van der Waals surface area contributed by atoms with Gasteiger partial charge in [-0.05, 0) is 35.9 Å². The minimum atomic E-state index is -4.16. The van der Waals surface area contributed by atoms with Crippen molar-refractivity contribution in [2.75, 3.05) is 22.9 Å². The quantitative estimate of drug-likeness (QED) is 0.409. The Morgan fingerprint density at radius 2 is 1.81 bits per heavy atom. The van der Waals surface area contributed by atoms with Crippen molar-refractivity contribution in [3.05, 3.63) is 76.3 Å². The number of sulfonamides is 1. The van der Waals surface area contributed by atoms with E-state index in [-0.39, 0.29) is 34.1 Å². The fraction of sp³-hybridized carbons (Fsp3) is 0.292. The van der Waals surface area contributed by atoms with Crippen molar-refractivity contribution in [3.8, 4) is 0 Å². The van der Waals surface area contributed by atoms with Gasteiger partial charge in [0.25, 0.3) is 5.91 Å². The maximum absolute atomic E-state index is 13.6. The monoisotopic (exact) mass is 551 g/mol. The molecule has 2 aromatic rings. The number of sulfone groups is 1. The SMILES string of the molecule is CC(C)(CO)[C@H]1C(O)=C(C2=CS(=O)(=O)c3cc(NS(C)(=O)=O)ccc3N2)C(=O)N1Cc1ccc(F)cc1. The molecule has 1 atom stereocenters. The third-order valence-electron chi connectivity index (χ3n) is 6.12. The van der Waals surface area contributed by atoms with Crippen LogP contribution in [0.15, 0.2) is 69.8 Å². The van der Waals surface area contributed by atoms with Crippen molar-refractivity contribution < 1.29 is 36.2 Å². The van der Waals surface area contributed by atoms with Crippen molar-refractivity contribution in [2.24, 2.45) is 5.41 Å². The zero-order valence-corrected chi connectivity index (χ0v) is 21.8. The number of carbonyl (C=O) groups is 1. The summed E-state index contributed by atoms with van der Waals surface area (Å²) in [6.45, 7) is 2.86. The van der Waals surface area contributed by atoms with E-state index in [4.69, 9.17) is 0 Å². The van der Waals surface area contributed by atoms with Crippen molar-refractivity contribution in [1.29, 1.82) is 0 Å². The Hall–Kier alpha value is -3.42. The van der Waals surface area contributed by atoms with Gasteiger partial charge in [-0.15, -0.1) is 0 Å². The molecule has 1 amide bonds. The number of amides is 1. The average Bonchev–Trinajstić information content (AvgIpc) is 3.04. The summed E-state index contributed by atoms with van der Waals surface area (Å²) in [5.74, 6) is -1.55. The summed E-state index contributed by atoms with van der Waals surface area (Å²) in [5, 5.41) is 24.9. The van der Waals surface area contributed by atoms with Gasteiger partial charge in [0, 0.05) is 17.6 Å². The summed E-state index contributed by atoms with van der Waals surface area (Å²) in [6.07, 6.45) is 0.931. The van der Waals surface area contributed by atoms with Crippen LogP contribution in [0, 0.1) is 11.2 Å². The minimum absolute atomic E-state index is 0.0299. The summed E-state index contributed by atoms with van der Waals surface area (Å²) in [4.78, 5) is 14.7. The third-order valence-corrected chi connectivity index (χ3v) is 8.22. The Labute approximate surface area is 214 Å². The fourth-order valence-corrected chi connectivity index (χ4v) is 6.28. The van der Waals surface area contributed by atoms with Crippen LogP contribution in [-0.2, 0) is 31.2 Å². The number of nitrogens with zero attached hydrogens (tertiary/aromatic N) is 1. The molecule has 4 rings (SSSR count). The second-order valence-corrected chi connectivity index (χ2v) is 13.2. The standard InChI is InChI=1S/C24H26FN3O7S2/c1-24(2,13-29)22-21(30)20(23(31)28(22)11-14-4-6-15(25)7-5-14)18-12-37(34,35)19-10-16(27-36(3,32)33)8-9-17(19)26-18/h4-10,12,22,26-27,29-30H,11,13H2,1-3H3/t22-/m1/s1. The van der Waals surface area contributed by atoms with E-state index in [1.54, 1.807) is 13.8 Å². The Kier molecular flexibility index (Phi) is 6.59. The Morgan fingerprint density at radius 1 is 1.16 bits per heavy atom. The van der Waals surface area contributed by atoms with E-state index < -0.39 is 55.4 Å². The molecule has 0 saturated carbocycles. The van der Waals surface area contributed by atoms with Crippen LogP contribution in [0.25, 0.3) is 0 Å². The van der Waals surface area contributed by atoms with Crippen LogP contribution in [0.5, 0.6) is 0 Å². The lowest BCUT2D eigenvalue weighted by molar-refractivity contribution is -0.130. The second kappa shape index (κ2) is 9.15. The molecule has 0 radical (unpaired) electrons. The highest BCUT2D eigenvalue weighted by atomic mass is 32.2. The van der Waals surface area contributed by atoms with Crippen LogP contribution in [0.2, 0.25) is 0 Å². The molecular weight excluding hydrogens is 525 g/mol. The van der Waals surface area contributed by atoms with Gasteiger partial charge in [0.2, 0.25) is 19.9 Å². The maximum Gasteiger partial charge on any atom is 0.260 e. The first-order valence-corrected chi connectivity index (χ1v) is 14.5.